The lowest BCUT2D eigenvalue weighted by Gasteiger charge is -2.02. The Balaban J connectivity index is 2.21. The molecule has 1 N–H and O–H groups in total. The molecular weight excluding hydrogens is 204 g/mol. The molecule has 2 heterocycles. The lowest BCUT2D eigenvalue weighted by atomic mass is 10.3. The number of hydrogen-bond donors (Lipinski definition) is 1. The Morgan fingerprint density at radius 2 is 2.25 bits per heavy atom. The Bertz CT molecular complexity index is 552. The Morgan fingerprint density at radius 1 is 1.44 bits per heavy atom. The smallest absolute Gasteiger partial charge is 0.248 e. The number of aromatic nitrogens is 3. The number of allylic oxidation sites excluding steroid dienone is 1. The molecule has 82 valence electrons. The number of nitrogens with zero attached hydrogens (tertiary/aromatic N) is 3. The zero-order valence-electron chi connectivity index (χ0n) is 9.14. The fraction of sp³-hybridized carbons (Fsp3) is 0.182. The number of fused-ring (bicyclic) bond motifs is 1. The predicted molar refractivity (Wildman–Crippen MR) is 61.0 cm³/mol. The van der Waals surface area contributed by atoms with Crippen molar-refractivity contribution < 1.29 is 4.79 Å². The minimum Gasteiger partial charge on any atom is -0.321 e. The lowest BCUT2D eigenvalue weighted by Crippen LogP contribution is -2.08. The zero-order chi connectivity index (χ0) is 11.5. The van der Waals surface area contributed by atoms with Gasteiger partial charge in [-0.05, 0) is 26.0 Å². The number of amides is 1. The van der Waals surface area contributed by atoms with E-state index in [1.807, 2.05) is 13.8 Å². The number of nitrogens with one attached hydrogen (secondary N) is 1. The van der Waals surface area contributed by atoms with Gasteiger partial charge in [-0.2, -0.15) is 0 Å². The first-order valence-corrected chi connectivity index (χ1v) is 4.90. The molecule has 0 aliphatic carbocycles. The molecule has 0 atom stereocenters. The normalized spacial score (nSPS) is 10.1. The van der Waals surface area contributed by atoms with Crippen LogP contribution in [0.4, 0.5) is 5.69 Å². The summed E-state index contributed by atoms with van der Waals surface area (Å²) < 4.78 is 1.75. The van der Waals surface area contributed by atoms with E-state index in [1.165, 1.54) is 0 Å². The predicted octanol–water partition coefficient (Wildman–Crippen LogP) is 1.63. The van der Waals surface area contributed by atoms with Crippen LogP contribution >= 0.6 is 0 Å². The van der Waals surface area contributed by atoms with Crippen molar-refractivity contribution in [3.8, 4) is 0 Å². The van der Waals surface area contributed by atoms with Gasteiger partial charge >= 0.3 is 0 Å². The largest absolute Gasteiger partial charge is 0.321 e. The molecule has 0 fully saturated rings. The van der Waals surface area contributed by atoms with E-state index in [0.29, 0.717) is 0 Å². The summed E-state index contributed by atoms with van der Waals surface area (Å²) in [5.74, 6) is -0.132. The van der Waals surface area contributed by atoms with Gasteiger partial charge < -0.3 is 5.32 Å². The van der Waals surface area contributed by atoms with Crippen molar-refractivity contribution >= 4 is 17.2 Å². The molecule has 16 heavy (non-hydrogen) atoms. The van der Waals surface area contributed by atoms with Crippen molar-refractivity contribution in [1.29, 1.82) is 0 Å². The van der Waals surface area contributed by atoms with Gasteiger partial charge in [0.2, 0.25) is 5.91 Å². The van der Waals surface area contributed by atoms with Crippen molar-refractivity contribution in [2.24, 2.45) is 0 Å². The van der Waals surface area contributed by atoms with Crippen molar-refractivity contribution in [1.82, 2.24) is 14.6 Å². The second-order valence-corrected chi connectivity index (χ2v) is 3.73. The Kier molecular flexibility index (Phi) is 2.68. The van der Waals surface area contributed by atoms with E-state index in [-0.39, 0.29) is 5.91 Å². The highest BCUT2D eigenvalue weighted by Gasteiger charge is 2.00. The van der Waals surface area contributed by atoms with Gasteiger partial charge in [0.25, 0.3) is 0 Å². The number of carbonyl (C=O) groups is 1. The molecule has 0 bridgehead atoms. The highest BCUT2D eigenvalue weighted by Crippen LogP contribution is 2.08. The van der Waals surface area contributed by atoms with Crippen LogP contribution in [0.1, 0.15) is 13.8 Å². The molecule has 0 saturated heterocycles. The minimum atomic E-state index is -0.132. The molecule has 2 aromatic heterocycles. The van der Waals surface area contributed by atoms with E-state index in [4.69, 9.17) is 0 Å². The van der Waals surface area contributed by atoms with Crippen LogP contribution in [0.25, 0.3) is 5.65 Å². The standard InChI is InChI=1S/C11H12N4O/c1-8(2)5-11(16)13-9-3-4-10-14-12-7-15(10)6-9/h3-7H,1-2H3,(H,13,16). The highest BCUT2D eigenvalue weighted by atomic mass is 16.1. The third-order valence-electron chi connectivity index (χ3n) is 1.98. The van der Waals surface area contributed by atoms with Gasteiger partial charge in [0.05, 0.1) is 5.69 Å². The summed E-state index contributed by atoms with van der Waals surface area (Å²) in [5, 5.41) is 10.4. The van der Waals surface area contributed by atoms with Gasteiger partial charge in [0, 0.05) is 12.3 Å². The van der Waals surface area contributed by atoms with Crippen molar-refractivity contribution in [3.63, 3.8) is 0 Å². The van der Waals surface area contributed by atoms with E-state index in [0.717, 1.165) is 16.9 Å². The van der Waals surface area contributed by atoms with E-state index < -0.39 is 0 Å². The molecule has 2 aromatic rings. The molecule has 0 aromatic carbocycles. The van der Waals surface area contributed by atoms with Crippen LogP contribution in [-0.4, -0.2) is 20.5 Å². The lowest BCUT2D eigenvalue weighted by molar-refractivity contribution is -0.111. The summed E-state index contributed by atoms with van der Waals surface area (Å²) in [6.45, 7) is 3.76. The maximum atomic E-state index is 11.5. The monoisotopic (exact) mass is 216 g/mol. The van der Waals surface area contributed by atoms with Gasteiger partial charge in [-0.15, -0.1) is 10.2 Å². The summed E-state index contributed by atoms with van der Waals surface area (Å²) in [5.41, 5.74) is 2.43. The first-order valence-electron chi connectivity index (χ1n) is 4.90. The van der Waals surface area contributed by atoms with Crippen LogP contribution in [0.5, 0.6) is 0 Å². The number of carbonyl (C=O) groups excluding carboxylic acids is 1. The third kappa shape index (κ3) is 2.25. The average molecular weight is 216 g/mol. The van der Waals surface area contributed by atoms with Crippen LogP contribution in [-0.2, 0) is 4.79 Å². The molecule has 0 radical (unpaired) electrons. The van der Waals surface area contributed by atoms with Crippen LogP contribution in [0.15, 0.2) is 36.3 Å². The maximum absolute atomic E-state index is 11.5. The molecule has 0 spiro atoms. The fourth-order valence-electron chi connectivity index (χ4n) is 1.34. The van der Waals surface area contributed by atoms with Crippen LogP contribution in [0.3, 0.4) is 0 Å². The molecule has 5 nitrogen and oxygen atoms in total. The van der Waals surface area contributed by atoms with Gasteiger partial charge in [-0.3, -0.25) is 9.20 Å². The Labute approximate surface area is 92.8 Å². The topological polar surface area (TPSA) is 59.3 Å². The second-order valence-electron chi connectivity index (χ2n) is 3.73. The molecule has 2 rings (SSSR count). The van der Waals surface area contributed by atoms with Crippen molar-refractivity contribution in [2.75, 3.05) is 5.32 Å². The van der Waals surface area contributed by atoms with Crippen molar-refractivity contribution in [3.05, 3.63) is 36.3 Å². The Morgan fingerprint density at radius 3 is 3.00 bits per heavy atom. The number of hydrogen-bond acceptors (Lipinski definition) is 3. The van der Waals surface area contributed by atoms with Gasteiger partial charge in [0.1, 0.15) is 6.33 Å². The zero-order valence-corrected chi connectivity index (χ0v) is 9.14. The maximum Gasteiger partial charge on any atom is 0.248 e. The average Bonchev–Trinajstić information content (AvgIpc) is 2.63. The third-order valence-corrected chi connectivity index (χ3v) is 1.98. The van der Waals surface area contributed by atoms with Crippen LogP contribution < -0.4 is 5.32 Å². The van der Waals surface area contributed by atoms with Gasteiger partial charge in [0.15, 0.2) is 5.65 Å². The molecular formula is C11H12N4O. The van der Waals surface area contributed by atoms with Gasteiger partial charge in [-0.1, -0.05) is 5.57 Å². The van der Waals surface area contributed by atoms with Crippen LogP contribution in [0.2, 0.25) is 0 Å². The van der Waals surface area contributed by atoms with Crippen molar-refractivity contribution in [2.45, 2.75) is 13.8 Å². The molecule has 0 unspecified atom stereocenters. The minimum absolute atomic E-state index is 0.132. The molecule has 0 saturated carbocycles. The number of anilines is 1. The first-order chi connectivity index (χ1) is 7.65. The van der Waals surface area contributed by atoms with E-state index >= 15 is 0 Å². The summed E-state index contributed by atoms with van der Waals surface area (Å²) in [4.78, 5) is 11.5. The van der Waals surface area contributed by atoms with E-state index in [9.17, 15) is 4.79 Å². The van der Waals surface area contributed by atoms with E-state index in [1.54, 1.807) is 35.1 Å². The summed E-state index contributed by atoms with van der Waals surface area (Å²) in [6, 6.07) is 3.59. The first kappa shape index (κ1) is 10.4. The highest BCUT2D eigenvalue weighted by molar-refractivity contribution is 5.99. The molecule has 0 aliphatic rings. The van der Waals surface area contributed by atoms with Gasteiger partial charge in [-0.25, -0.2) is 0 Å². The SMILES string of the molecule is CC(C)=CC(=O)Nc1ccc2nncn2c1. The summed E-state index contributed by atoms with van der Waals surface area (Å²) in [7, 11) is 0. The molecule has 0 aliphatic heterocycles. The molecule has 1 amide bonds. The number of rotatable bonds is 2. The van der Waals surface area contributed by atoms with E-state index in [2.05, 4.69) is 15.5 Å². The summed E-state index contributed by atoms with van der Waals surface area (Å²) in [6.07, 6.45) is 4.91. The number of pyridine rings is 1. The molecule has 5 heteroatoms. The second kappa shape index (κ2) is 4.14. The quantitative estimate of drug-likeness (QED) is 0.776. The summed E-state index contributed by atoms with van der Waals surface area (Å²) >= 11 is 0. The Hall–Kier alpha value is -2.17. The van der Waals surface area contributed by atoms with Crippen LogP contribution in [0, 0.1) is 0 Å². The fourth-order valence-corrected chi connectivity index (χ4v) is 1.34.